The molecule has 3 aromatic rings. The largest absolute Gasteiger partial charge is 0.466 e. The maximum atomic E-state index is 12.6. The number of H-pyrrole nitrogens is 2. The topological polar surface area (TPSA) is 104 Å². The summed E-state index contributed by atoms with van der Waals surface area (Å²) in [7, 11) is 0. The lowest BCUT2D eigenvalue weighted by atomic mass is 9.94. The van der Waals surface area contributed by atoms with Crippen molar-refractivity contribution in [2.75, 3.05) is 6.61 Å². The Bertz CT molecular complexity index is 1050. The number of ether oxygens (including phenoxy) is 1. The van der Waals surface area contributed by atoms with Crippen molar-refractivity contribution < 1.29 is 14.3 Å². The number of nitrogens with one attached hydrogen (secondary N) is 3. The second kappa shape index (κ2) is 10.4. The van der Waals surface area contributed by atoms with Gasteiger partial charge >= 0.3 is 11.7 Å². The zero-order valence-electron chi connectivity index (χ0n) is 17.7. The minimum Gasteiger partial charge on any atom is -0.466 e. The fraction of sp³-hybridized carbons (Fsp3) is 0.292. The molecule has 1 aromatic heterocycles. The summed E-state index contributed by atoms with van der Waals surface area (Å²) >= 11 is 0. The van der Waals surface area contributed by atoms with Crippen molar-refractivity contribution in [2.24, 2.45) is 5.92 Å². The van der Waals surface area contributed by atoms with E-state index in [0.717, 1.165) is 16.7 Å². The van der Waals surface area contributed by atoms with Gasteiger partial charge in [0.15, 0.2) is 0 Å². The molecule has 3 rings (SSSR count). The van der Waals surface area contributed by atoms with Crippen LogP contribution in [-0.2, 0) is 16.0 Å². The summed E-state index contributed by atoms with van der Waals surface area (Å²) < 4.78 is 5.11. The molecule has 1 heterocycles. The first-order valence-electron chi connectivity index (χ1n) is 10.4. The predicted octanol–water partition coefficient (Wildman–Crippen LogP) is 3.30. The van der Waals surface area contributed by atoms with E-state index >= 15 is 0 Å². The quantitative estimate of drug-likeness (QED) is 0.461. The van der Waals surface area contributed by atoms with E-state index in [1.54, 1.807) is 13.8 Å². The third-order valence-corrected chi connectivity index (χ3v) is 5.05. The average molecular weight is 421 g/mol. The minimum absolute atomic E-state index is 0.151. The number of aromatic nitrogens is 2. The molecule has 0 fully saturated rings. The molecule has 0 saturated heterocycles. The number of amides is 1. The van der Waals surface area contributed by atoms with E-state index in [4.69, 9.17) is 4.74 Å². The van der Waals surface area contributed by atoms with Gasteiger partial charge in [-0.1, -0.05) is 61.5 Å². The number of benzene rings is 2. The fourth-order valence-electron chi connectivity index (χ4n) is 3.47. The number of hydrogen-bond donors (Lipinski definition) is 3. The van der Waals surface area contributed by atoms with Gasteiger partial charge in [-0.05, 0) is 36.5 Å². The van der Waals surface area contributed by atoms with E-state index in [-0.39, 0.29) is 23.6 Å². The lowest BCUT2D eigenvalue weighted by Gasteiger charge is -2.21. The first-order valence-corrected chi connectivity index (χ1v) is 10.4. The molecule has 162 valence electrons. The first kappa shape index (κ1) is 22.1. The zero-order valence-corrected chi connectivity index (χ0v) is 17.7. The van der Waals surface area contributed by atoms with E-state index < -0.39 is 11.6 Å². The van der Waals surface area contributed by atoms with Crippen LogP contribution in [0.3, 0.4) is 0 Å². The number of carbonyl (C=O) groups is 2. The van der Waals surface area contributed by atoms with Gasteiger partial charge in [-0.3, -0.25) is 9.59 Å². The highest BCUT2D eigenvalue weighted by Crippen LogP contribution is 2.21. The minimum atomic E-state index is -0.446. The summed E-state index contributed by atoms with van der Waals surface area (Å²) in [4.78, 5) is 40.8. The van der Waals surface area contributed by atoms with E-state index in [9.17, 15) is 14.4 Å². The van der Waals surface area contributed by atoms with Crippen molar-refractivity contribution in [3.05, 3.63) is 82.5 Å². The van der Waals surface area contributed by atoms with Gasteiger partial charge in [0.25, 0.3) is 5.91 Å². The third-order valence-electron chi connectivity index (χ3n) is 5.05. The van der Waals surface area contributed by atoms with Crippen molar-refractivity contribution >= 4 is 11.9 Å². The van der Waals surface area contributed by atoms with E-state index in [1.807, 2.05) is 42.5 Å². The monoisotopic (exact) mass is 421 g/mol. The van der Waals surface area contributed by atoms with Crippen LogP contribution in [0.5, 0.6) is 0 Å². The number of carbonyl (C=O) groups excluding carboxylic acids is 2. The normalized spacial score (nSPS) is 12.7. The van der Waals surface area contributed by atoms with Crippen molar-refractivity contribution in [3.8, 4) is 11.1 Å². The van der Waals surface area contributed by atoms with Crippen molar-refractivity contribution in [1.82, 2.24) is 15.3 Å². The van der Waals surface area contributed by atoms with Crippen molar-refractivity contribution in [3.63, 3.8) is 0 Å². The molecule has 2 atom stereocenters. The van der Waals surface area contributed by atoms with Gasteiger partial charge in [0, 0.05) is 12.2 Å². The Morgan fingerprint density at radius 1 is 1.03 bits per heavy atom. The molecule has 0 aliphatic heterocycles. The molecule has 0 saturated carbocycles. The highest BCUT2D eigenvalue weighted by atomic mass is 16.5. The van der Waals surface area contributed by atoms with Crippen LogP contribution >= 0.6 is 0 Å². The number of esters is 1. The molecular weight excluding hydrogens is 394 g/mol. The van der Waals surface area contributed by atoms with Gasteiger partial charge in [0.1, 0.15) is 5.69 Å². The van der Waals surface area contributed by atoms with Crippen molar-refractivity contribution in [1.29, 1.82) is 0 Å². The zero-order chi connectivity index (χ0) is 22.2. The molecule has 7 heteroatoms. The average Bonchev–Trinajstić information content (AvgIpc) is 3.21. The molecule has 3 N–H and O–H groups in total. The van der Waals surface area contributed by atoms with Gasteiger partial charge in [-0.2, -0.15) is 0 Å². The summed E-state index contributed by atoms with van der Waals surface area (Å²) in [6, 6.07) is 17.9. The Balaban J connectivity index is 1.74. The van der Waals surface area contributed by atoms with Crippen LogP contribution in [0.4, 0.5) is 0 Å². The summed E-state index contributed by atoms with van der Waals surface area (Å²) in [5.74, 6) is -1.07. The predicted molar refractivity (Wildman–Crippen MR) is 119 cm³/mol. The van der Waals surface area contributed by atoms with Gasteiger partial charge in [0.2, 0.25) is 0 Å². The summed E-state index contributed by atoms with van der Waals surface area (Å²) in [6.45, 7) is 3.86. The summed E-state index contributed by atoms with van der Waals surface area (Å²) in [6.07, 6.45) is 2.29. The lowest BCUT2D eigenvalue weighted by Crippen LogP contribution is -2.39. The highest BCUT2D eigenvalue weighted by molar-refractivity contribution is 5.92. The standard InChI is InChI=1S/C24H27N3O4/c1-3-31-23(29)16(2)13-20(26-22(28)21-15-25-24(30)27-21)14-17-9-11-19(12-10-17)18-7-5-4-6-8-18/h4-12,15-16,20H,3,13-14H2,1-2H3,(H,26,28)(H2,25,27,30)/t16-,20+/m1/s1. The number of aromatic amines is 2. The molecule has 7 nitrogen and oxygen atoms in total. The Hall–Kier alpha value is -3.61. The molecule has 0 radical (unpaired) electrons. The first-order chi connectivity index (χ1) is 15.0. The molecule has 0 aliphatic carbocycles. The second-order valence-electron chi connectivity index (χ2n) is 7.48. The summed E-state index contributed by atoms with van der Waals surface area (Å²) in [5, 5.41) is 2.93. The maximum Gasteiger partial charge on any atom is 0.323 e. The Morgan fingerprint density at radius 2 is 1.71 bits per heavy atom. The smallest absolute Gasteiger partial charge is 0.323 e. The number of rotatable bonds is 9. The van der Waals surface area contributed by atoms with Crippen LogP contribution in [0.1, 0.15) is 36.3 Å². The van der Waals surface area contributed by atoms with Gasteiger partial charge in [0.05, 0.1) is 12.5 Å². The van der Waals surface area contributed by atoms with E-state index in [1.165, 1.54) is 6.20 Å². The second-order valence-corrected chi connectivity index (χ2v) is 7.48. The van der Waals surface area contributed by atoms with E-state index in [2.05, 4.69) is 27.4 Å². The molecule has 31 heavy (non-hydrogen) atoms. The van der Waals surface area contributed by atoms with Crippen LogP contribution in [-0.4, -0.2) is 34.5 Å². The molecule has 0 aliphatic rings. The summed E-state index contributed by atoms with van der Waals surface area (Å²) in [5.41, 5.74) is 2.97. The van der Waals surface area contributed by atoms with Crippen LogP contribution in [0.2, 0.25) is 0 Å². The molecule has 1 amide bonds. The lowest BCUT2D eigenvalue weighted by molar-refractivity contribution is -0.147. The molecule has 0 bridgehead atoms. The molecule has 2 aromatic carbocycles. The molecular formula is C24H27N3O4. The fourth-order valence-corrected chi connectivity index (χ4v) is 3.47. The Labute approximate surface area is 180 Å². The van der Waals surface area contributed by atoms with E-state index in [0.29, 0.717) is 19.4 Å². The number of imidazole rings is 1. The van der Waals surface area contributed by atoms with Crippen LogP contribution in [0, 0.1) is 5.92 Å². The van der Waals surface area contributed by atoms with Crippen LogP contribution in [0.25, 0.3) is 11.1 Å². The molecule has 0 unspecified atom stereocenters. The highest BCUT2D eigenvalue weighted by Gasteiger charge is 2.23. The third kappa shape index (κ3) is 6.18. The van der Waals surface area contributed by atoms with Crippen LogP contribution < -0.4 is 11.0 Å². The maximum absolute atomic E-state index is 12.6. The van der Waals surface area contributed by atoms with Crippen molar-refractivity contribution in [2.45, 2.75) is 32.7 Å². The van der Waals surface area contributed by atoms with Gasteiger partial charge in [-0.25, -0.2) is 4.79 Å². The Kier molecular flexibility index (Phi) is 7.43. The van der Waals surface area contributed by atoms with Gasteiger partial charge < -0.3 is 20.0 Å². The number of hydrogen-bond acceptors (Lipinski definition) is 4. The Morgan fingerprint density at radius 3 is 2.32 bits per heavy atom. The van der Waals surface area contributed by atoms with Gasteiger partial charge in [-0.15, -0.1) is 0 Å². The SMILES string of the molecule is CCOC(=O)[C@H](C)C[C@@H](Cc1ccc(-c2ccccc2)cc1)NC(=O)c1c[nH]c(=O)[nH]1. The molecule has 0 spiro atoms. The van der Waals surface area contributed by atoms with Crippen LogP contribution in [0.15, 0.2) is 65.6 Å².